The van der Waals surface area contributed by atoms with Crippen molar-refractivity contribution >= 4 is 28.7 Å². The summed E-state index contributed by atoms with van der Waals surface area (Å²) in [6.07, 6.45) is 7.18. The molecule has 0 unspecified atom stereocenters. The first-order chi connectivity index (χ1) is 15.1. The number of aryl methyl sites for hydroxylation is 1. The maximum atomic E-state index is 14.6. The van der Waals surface area contributed by atoms with Crippen molar-refractivity contribution in [1.29, 1.82) is 0 Å². The zero-order valence-corrected chi connectivity index (χ0v) is 18.9. The summed E-state index contributed by atoms with van der Waals surface area (Å²) in [4.78, 5) is 23.8. The number of carbonyl (C=O) groups excluding carboxylic acids is 1. The van der Waals surface area contributed by atoms with Gasteiger partial charge in [-0.15, -0.1) is 11.8 Å². The fourth-order valence-corrected chi connectivity index (χ4v) is 4.22. The minimum atomic E-state index is -0.896. The van der Waals surface area contributed by atoms with Gasteiger partial charge in [0.1, 0.15) is 5.58 Å². The molecule has 0 aliphatic heterocycles. The van der Waals surface area contributed by atoms with Gasteiger partial charge in [0.05, 0.1) is 6.61 Å². The van der Waals surface area contributed by atoms with Gasteiger partial charge < -0.3 is 13.9 Å². The van der Waals surface area contributed by atoms with Gasteiger partial charge in [-0.1, -0.05) is 38.8 Å². The molecule has 1 heterocycles. The van der Waals surface area contributed by atoms with Crippen LogP contribution in [0.4, 0.5) is 4.39 Å². The van der Waals surface area contributed by atoms with E-state index in [0.717, 1.165) is 48.8 Å². The minimum Gasteiger partial charge on any atom is -0.462 e. The Morgan fingerprint density at radius 1 is 1.16 bits per heavy atom. The quantitative estimate of drug-likeness (QED) is 0.114. The van der Waals surface area contributed by atoms with E-state index in [-0.39, 0.29) is 0 Å². The summed E-state index contributed by atoms with van der Waals surface area (Å²) in [6, 6.07) is 5.49. The van der Waals surface area contributed by atoms with E-state index in [1.54, 1.807) is 17.8 Å². The van der Waals surface area contributed by atoms with Crippen molar-refractivity contribution in [2.24, 2.45) is 0 Å². The van der Waals surface area contributed by atoms with E-state index in [2.05, 4.69) is 13.5 Å². The number of carbonyl (C=O) groups is 1. The van der Waals surface area contributed by atoms with Crippen molar-refractivity contribution in [1.82, 2.24) is 0 Å². The summed E-state index contributed by atoms with van der Waals surface area (Å²) < 4.78 is 30.3. The first-order valence-corrected chi connectivity index (χ1v) is 11.8. The molecule has 0 aliphatic rings. The Morgan fingerprint density at radius 3 is 2.74 bits per heavy atom. The Morgan fingerprint density at radius 2 is 1.97 bits per heavy atom. The lowest BCUT2D eigenvalue weighted by Gasteiger charge is -2.11. The van der Waals surface area contributed by atoms with Crippen LogP contribution in [0.2, 0.25) is 0 Å². The molecular formula is C24H31FO5S. The van der Waals surface area contributed by atoms with E-state index in [4.69, 9.17) is 13.9 Å². The number of thioether (sulfide) groups is 1. The Hall–Kier alpha value is -2.12. The maximum absolute atomic E-state index is 14.6. The fraction of sp³-hybridized carbons (Fsp3) is 0.500. The second kappa shape index (κ2) is 14.0. The van der Waals surface area contributed by atoms with Crippen LogP contribution in [-0.4, -0.2) is 31.5 Å². The Labute approximate surface area is 187 Å². The topological polar surface area (TPSA) is 65.7 Å². The molecule has 0 aliphatic carbocycles. The number of fused-ring (bicyclic) bond motifs is 1. The molecule has 1 aromatic heterocycles. The predicted octanol–water partition coefficient (Wildman–Crippen LogP) is 5.67. The highest BCUT2D eigenvalue weighted by Crippen LogP contribution is 2.32. The third kappa shape index (κ3) is 8.15. The third-order valence-electron chi connectivity index (χ3n) is 4.75. The van der Waals surface area contributed by atoms with Gasteiger partial charge in [-0.05, 0) is 31.4 Å². The largest absolute Gasteiger partial charge is 0.462 e. The molecule has 0 saturated carbocycles. The zero-order valence-electron chi connectivity index (χ0n) is 18.1. The highest BCUT2D eigenvalue weighted by Gasteiger charge is 2.17. The number of unbranched alkanes of at least 4 members (excludes halogenated alkanes) is 3. The summed E-state index contributed by atoms with van der Waals surface area (Å²) in [5, 5.41) is 0.714. The van der Waals surface area contributed by atoms with Crippen molar-refractivity contribution < 1.29 is 23.1 Å². The summed E-state index contributed by atoms with van der Waals surface area (Å²) in [5.74, 6) is -0.401. The number of esters is 1. The van der Waals surface area contributed by atoms with Gasteiger partial charge in [0.15, 0.2) is 0 Å². The molecule has 0 bridgehead atoms. The van der Waals surface area contributed by atoms with Crippen molar-refractivity contribution in [2.75, 3.05) is 25.6 Å². The van der Waals surface area contributed by atoms with Crippen LogP contribution < -0.4 is 5.63 Å². The predicted molar refractivity (Wildman–Crippen MR) is 122 cm³/mol. The second-order valence-corrected chi connectivity index (χ2v) is 8.30. The lowest BCUT2D eigenvalue weighted by Crippen LogP contribution is -2.10. The van der Waals surface area contributed by atoms with Gasteiger partial charge in [0, 0.05) is 47.3 Å². The second-order valence-electron chi connectivity index (χ2n) is 7.16. The van der Waals surface area contributed by atoms with E-state index >= 15 is 0 Å². The number of hydrogen-bond donors (Lipinski definition) is 0. The van der Waals surface area contributed by atoms with Crippen molar-refractivity contribution in [2.45, 2.75) is 56.8 Å². The van der Waals surface area contributed by atoms with E-state index in [1.165, 1.54) is 0 Å². The Bertz CT molecular complexity index is 909. The molecule has 5 nitrogen and oxygen atoms in total. The van der Waals surface area contributed by atoms with Gasteiger partial charge in [0.2, 0.25) is 5.82 Å². The average molecular weight is 451 g/mol. The summed E-state index contributed by atoms with van der Waals surface area (Å²) in [7, 11) is 0. The molecule has 1 aromatic carbocycles. The lowest BCUT2D eigenvalue weighted by molar-refractivity contribution is -0.138. The summed E-state index contributed by atoms with van der Waals surface area (Å²) in [5.41, 5.74) is 0.00954. The minimum absolute atomic E-state index is 0.313. The Balaban J connectivity index is 1.90. The molecule has 7 heteroatoms. The van der Waals surface area contributed by atoms with Gasteiger partial charge in [-0.25, -0.2) is 9.59 Å². The fourth-order valence-electron chi connectivity index (χ4n) is 3.19. The standard InChI is InChI=1S/C24H31FO5S/c1-3-5-6-7-11-18-22-19(30-24(27)23(18)25)12-8-13-20(22)31-17-10-15-28-14-9-16-29-21(26)4-2/h4,8,12-13H,2-3,5-7,9-11,14-17H2,1H3. The zero-order chi connectivity index (χ0) is 22.5. The van der Waals surface area contributed by atoms with Crippen molar-refractivity contribution in [3.63, 3.8) is 0 Å². The van der Waals surface area contributed by atoms with Gasteiger partial charge in [-0.3, -0.25) is 0 Å². The molecular weight excluding hydrogens is 419 g/mol. The normalized spacial score (nSPS) is 11.0. The molecule has 2 rings (SSSR count). The smallest absolute Gasteiger partial charge is 0.372 e. The summed E-state index contributed by atoms with van der Waals surface area (Å²) >= 11 is 1.61. The molecule has 0 amide bonds. The molecule has 0 saturated heterocycles. The molecule has 0 N–H and O–H groups in total. The number of hydrogen-bond acceptors (Lipinski definition) is 6. The summed E-state index contributed by atoms with van der Waals surface area (Å²) in [6.45, 7) is 6.88. The average Bonchev–Trinajstić information content (AvgIpc) is 2.77. The number of benzene rings is 1. The first kappa shape index (κ1) is 25.1. The van der Waals surface area contributed by atoms with Crippen molar-refractivity contribution in [3.05, 3.63) is 52.7 Å². The lowest BCUT2D eigenvalue weighted by atomic mass is 10.0. The Kier molecular flexibility index (Phi) is 11.4. The monoisotopic (exact) mass is 450 g/mol. The highest BCUT2D eigenvalue weighted by atomic mass is 32.2. The maximum Gasteiger partial charge on any atom is 0.372 e. The molecule has 0 atom stereocenters. The van der Waals surface area contributed by atoms with Gasteiger partial charge in [-0.2, -0.15) is 4.39 Å². The molecule has 0 fully saturated rings. The van der Waals surface area contributed by atoms with Crippen LogP contribution in [0.15, 0.2) is 45.0 Å². The van der Waals surface area contributed by atoms with Crippen molar-refractivity contribution in [3.8, 4) is 0 Å². The van der Waals surface area contributed by atoms with E-state index in [9.17, 15) is 14.0 Å². The van der Waals surface area contributed by atoms with E-state index in [1.807, 2.05) is 12.1 Å². The third-order valence-corrected chi connectivity index (χ3v) is 5.90. The van der Waals surface area contributed by atoms with Crippen LogP contribution in [0, 0.1) is 5.82 Å². The molecule has 2 aromatic rings. The van der Waals surface area contributed by atoms with Crippen LogP contribution in [-0.2, 0) is 20.7 Å². The van der Waals surface area contributed by atoms with Gasteiger partial charge in [0.25, 0.3) is 0 Å². The number of rotatable bonds is 15. The molecule has 0 spiro atoms. The van der Waals surface area contributed by atoms with Gasteiger partial charge >= 0.3 is 11.6 Å². The SMILES string of the molecule is C=CC(=O)OCCCOCCCSc1cccc2oc(=O)c(F)c(CCCCCC)c12. The number of halogens is 1. The van der Waals surface area contributed by atoms with Crippen LogP contribution in [0.5, 0.6) is 0 Å². The highest BCUT2D eigenvalue weighted by molar-refractivity contribution is 7.99. The number of ether oxygens (including phenoxy) is 2. The molecule has 0 radical (unpaired) electrons. The van der Waals surface area contributed by atoms with Crippen LogP contribution >= 0.6 is 11.8 Å². The molecule has 170 valence electrons. The van der Waals surface area contributed by atoms with Crippen LogP contribution in [0.1, 0.15) is 51.0 Å². The van der Waals surface area contributed by atoms with E-state index in [0.29, 0.717) is 49.2 Å². The molecule has 31 heavy (non-hydrogen) atoms. The van der Waals surface area contributed by atoms with Crippen LogP contribution in [0.25, 0.3) is 11.0 Å². The van der Waals surface area contributed by atoms with E-state index < -0.39 is 17.4 Å². The first-order valence-electron chi connectivity index (χ1n) is 10.8. The van der Waals surface area contributed by atoms with Crippen LogP contribution in [0.3, 0.4) is 0 Å².